The first-order chi connectivity index (χ1) is 13.1. The van der Waals surface area contributed by atoms with Crippen LogP contribution < -0.4 is 10.1 Å². The molecule has 5 heteroatoms. The Morgan fingerprint density at radius 3 is 2.59 bits per heavy atom. The van der Waals surface area contributed by atoms with Crippen molar-refractivity contribution in [3.8, 4) is 11.8 Å². The minimum atomic E-state index is -0.503. The van der Waals surface area contributed by atoms with E-state index in [1.165, 1.54) is 18.2 Å². The molecule has 3 aromatic rings. The largest absolute Gasteiger partial charge is 0.496 e. The fraction of sp³-hybridized carbons (Fsp3) is 0.0909. The number of nitrogens with one attached hydrogen (secondary N) is 1. The highest BCUT2D eigenvalue weighted by Crippen LogP contribution is 2.30. The average molecular weight is 360 g/mol. The van der Waals surface area contributed by atoms with E-state index in [1.54, 1.807) is 25.3 Å². The van der Waals surface area contributed by atoms with Crippen molar-refractivity contribution in [2.75, 3.05) is 7.11 Å². The molecule has 4 nitrogen and oxygen atoms in total. The van der Waals surface area contributed by atoms with Crippen molar-refractivity contribution in [3.63, 3.8) is 0 Å². The van der Waals surface area contributed by atoms with Crippen molar-refractivity contribution in [1.82, 2.24) is 5.32 Å². The lowest BCUT2D eigenvalue weighted by Crippen LogP contribution is -2.24. The number of methoxy groups -OCH3 is 1. The van der Waals surface area contributed by atoms with Crippen LogP contribution in [0.4, 0.5) is 4.39 Å². The summed E-state index contributed by atoms with van der Waals surface area (Å²) in [4.78, 5) is 12.4. The number of ether oxygens (including phenoxy) is 1. The summed E-state index contributed by atoms with van der Waals surface area (Å²) < 4.78 is 18.4. The number of nitrogens with zero attached hydrogens (tertiary/aromatic N) is 1. The molecule has 0 aliphatic rings. The number of fused-ring (bicyclic) bond motifs is 1. The Morgan fingerprint density at radius 1 is 1.15 bits per heavy atom. The molecule has 0 spiro atoms. The number of hydrogen-bond donors (Lipinski definition) is 1. The highest BCUT2D eigenvalue weighted by molar-refractivity contribution is 6.04. The molecule has 134 valence electrons. The van der Waals surface area contributed by atoms with Gasteiger partial charge >= 0.3 is 0 Å². The summed E-state index contributed by atoms with van der Waals surface area (Å²) in [6.45, 7) is 0.199. The lowest BCUT2D eigenvalue weighted by atomic mass is 10.0. The average Bonchev–Trinajstić information content (AvgIpc) is 2.71. The number of amides is 1. The molecule has 1 amide bonds. The standard InChI is InChI=1S/C22H17FN2O2/c1-27-21-11-8-16-4-2-3-5-19(16)20(21)12-17(13-24)22(26)25-14-15-6-9-18(23)10-7-15/h2-12H,14H2,1H3,(H,25,26). The van der Waals surface area contributed by atoms with E-state index in [1.807, 2.05) is 36.4 Å². The molecule has 27 heavy (non-hydrogen) atoms. The van der Waals surface area contributed by atoms with E-state index in [-0.39, 0.29) is 17.9 Å². The molecule has 0 aliphatic heterocycles. The zero-order valence-corrected chi connectivity index (χ0v) is 14.7. The third-order valence-corrected chi connectivity index (χ3v) is 4.17. The minimum absolute atomic E-state index is 0.0354. The number of rotatable bonds is 5. The lowest BCUT2D eigenvalue weighted by Gasteiger charge is -2.10. The topological polar surface area (TPSA) is 62.1 Å². The Morgan fingerprint density at radius 2 is 1.89 bits per heavy atom. The first kappa shape index (κ1) is 18.2. The first-order valence-electron chi connectivity index (χ1n) is 8.32. The summed E-state index contributed by atoms with van der Waals surface area (Å²) in [6.07, 6.45) is 1.53. The molecule has 0 saturated carbocycles. The molecule has 1 N–H and O–H groups in total. The molecule has 0 fully saturated rings. The second kappa shape index (κ2) is 8.15. The SMILES string of the molecule is COc1ccc2ccccc2c1C=C(C#N)C(=O)NCc1ccc(F)cc1. The van der Waals surface area contributed by atoms with Crippen LogP contribution in [0.3, 0.4) is 0 Å². The Balaban J connectivity index is 1.90. The van der Waals surface area contributed by atoms with Crippen molar-refractivity contribution >= 4 is 22.8 Å². The van der Waals surface area contributed by atoms with E-state index in [9.17, 15) is 14.4 Å². The van der Waals surface area contributed by atoms with E-state index in [0.717, 1.165) is 16.3 Å². The van der Waals surface area contributed by atoms with Gasteiger partial charge in [0.2, 0.25) is 0 Å². The maximum atomic E-state index is 13.0. The van der Waals surface area contributed by atoms with E-state index in [4.69, 9.17) is 4.74 Å². The van der Waals surface area contributed by atoms with Crippen LogP contribution in [0.25, 0.3) is 16.8 Å². The van der Waals surface area contributed by atoms with Gasteiger partial charge in [-0.1, -0.05) is 42.5 Å². The van der Waals surface area contributed by atoms with Gasteiger partial charge in [0.05, 0.1) is 7.11 Å². The highest BCUT2D eigenvalue weighted by atomic mass is 19.1. The molecule has 0 bridgehead atoms. The van der Waals surface area contributed by atoms with Gasteiger partial charge in [-0.25, -0.2) is 4.39 Å². The maximum Gasteiger partial charge on any atom is 0.262 e. The van der Waals surface area contributed by atoms with Crippen LogP contribution in [-0.2, 0) is 11.3 Å². The quantitative estimate of drug-likeness (QED) is 0.548. The summed E-state index contributed by atoms with van der Waals surface area (Å²) in [5.74, 6) is -0.268. The van der Waals surface area contributed by atoms with Gasteiger partial charge in [0, 0.05) is 12.1 Å². The first-order valence-corrected chi connectivity index (χ1v) is 8.32. The normalized spacial score (nSPS) is 11.1. The molecule has 3 aromatic carbocycles. The number of halogens is 1. The highest BCUT2D eigenvalue weighted by Gasteiger charge is 2.13. The second-order valence-corrected chi connectivity index (χ2v) is 5.88. The van der Waals surface area contributed by atoms with Crippen LogP contribution in [0.5, 0.6) is 5.75 Å². The van der Waals surface area contributed by atoms with Gasteiger partial charge in [-0.15, -0.1) is 0 Å². The van der Waals surface area contributed by atoms with Crippen LogP contribution in [0, 0.1) is 17.1 Å². The van der Waals surface area contributed by atoms with Crippen molar-refractivity contribution in [1.29, 1.82) is 5.26 Å². The van der Waals surface area contributed by atoms with Crippen LogP contribution in [0.2, 0.25) is 0 Å². The Hall–Kier alpha value is -3.65. The molecule has 0 atom stereocenters. The van der Waals surface area contributed by atoms with Crippen LogP contribution in [-0.4, -0.2) is 13.0 Å². The maximum absolute atomic E-state index is 13.0. The molecule has 0 aromatic heterocycles. The minimum Gasteiger partial charge on any atom is -0.496 e. The number of hydrogen-bond acceptors (Lipinski definition) is 3. The summed E-state index contributed by atoms with van der Waals surface area (Å²) in [5, 5.41) is 14.0. The van der Waals surface area contributed by atoms with E-state index in [2.05, 4.69) is 5.32 Å². The zero-order chi connectivity index (χ0) is 19.2. The molecule has 0 saturated heterocycles. The van der Waals surface area contributed by atoms with Crippen molar-refractivity contribution < 1.29 is 13.9 Å². The smallest absolute Gasteiger partial charge is 0.262 e. The van der Waals surface area contributed by atoms with Gasteiger partial charge < -0.3 is 10.1 Å². The zero-order valence-electron chi connectivity index (χ0n) is 14.7. The van der Waals surface area contributed by atoms with Crippen molar-refractivity contribution in [2.45, 2.75) is 6.54 Å². The molecule has 0 aliphatic carbocycles. The second-order valence-electron chi connectivity index (χ2n) is 5.88. The number of nitriles is 1. The van der Waals surface area contributed by atoms with Gasteiger partial charge in [0.25, 0.3) is 5.91 Å². The monoisotopic (exact) mass is 360 g/mol. The van der Waals surface area contributed by atoms with E-state index >= 15 is 0 Å². The molecule has 0 heterocycles. The fourth-order valence-corrected chi connectivity index (χ4v) is 2.78. The van der Waals surface area contributed by atoms with Gasteiger partial charge in [0.15, 0.2) is 0 Å². The Kier molecular flexibility index (Phi) is 5.48. The van der Waals surface area contributed by atoms with Gasteiger partial charge in [-0.2, -0.15) is 5.26 Å². The van der Waals surface area contributed by atoms with Gasteiger partial charge in [-0.05, 0) is 40.6 Å². The summed E-state index contributed by atoms with van der Waals surface area (Å²) in [5.41, 5.74) is 1.38. The summed E-state index contributed by atoms with van der Waals surface area (Å²) in [6, 6.07) is 19.2. The molecular formula is C22H17FN2O2. The van der Waals surface area contributed by atoms with Crippen LogP contribution in [0.1, 0.15) is 11.1 Å². The van der Waals surface area contributed by atoms with E-state index < -0.39 is 5.91 Å². The predicted molar refractivity (Wildman–Crippen MR) is 102 cm³/mol. The molecule has 0 unspecified atom stereocenters. The summed E-state index contributed by atoms with van der Waals surface area (Å²) in [7, 11) is 1.54. The van der Waals surface area contributed by atoms with Gasteiger partial charge in [0.1, 0.15) is 23.2 Å². The number of carbonyl (C=O) groups is 1. The molecule has 3 rings (SSSR count). The van der Waals surface area contributed by atoms with Crippen molar-refractivity contribution in [2.24, 2.45) is 0 Å². The number of carbonyl (C=O) groups excluding carboxylic acids is 1. The van der Waals surface area contributed by atoms with Crippen LogP contribution >= 0.6 is 0 Å². The predicted octanol–water partition coefficient (Wildman–Crippen LogP) is 4.21. The van der Waals surface area contributed by atoms with Gasteiger partial charge in [-0.3, -0.25) is 4.79 Å². The molecular weight excluding hydrogens is 343 g/mol. The summed E-state index contributed by atoms with van der Waals surface area (Å²) >= 11 is 0. The van der Waals surface area contributed by atoms with E-state index in [0.29, 0.717) is 11.3 Å². The Labute approximate surface area is 156 Å². The third kappa shape index (κ3) is 4.13. The third-order valence-electron chi connectivity index (χ3n) is 4.17. The molecule has 0 radical (unpaired) electrons. The van der Waals surface area contributed by atoms with Crippen molar-refractivity contribution in [3.05, 3.63) is 83.2 Å². The number of benzene rings is 3. The lowest BCUT2D eigenvalue weighted by molar-refractivity contribution is -0.117. The van der Waals surface area contributed by atoms with Crippen LogP contribution in [0.15, 0.2) is 66.2 Å². The Bertz CT molecular complexity index is 1050. The fourth-order valence-electron chi connectivity index (χ4n) is 2.78.